The first-order chi connectivity index (χ1) is 7.26. The molecule has 0 aliphatic heterocycles. The van der Waals surface area contributed by atoms with E-state index in [0.29, 0.717) is 16.7 Å². The lowest BCUT2D eigenvalue weighted by Gasteiger charge is -2.07. The number of aromatic hydroxyl groups is 1. The van der Waals surface area contributed by atoms with Gasteiger partial charge in [0.2, 0.25) is 0 Å². The highest BCUT2D eigenvalue weighted by molar-refractivity contribution is 5.97. The van der Waals surface area contributed by atoms with Gasteiger partial charge in [-0.25, -0.2) is 0 Å². The van der Waals surface area contributed by atoms with Crippen LogP contribution in [-0.2, 0) is 0 Å². The maximum absolute atomic E-state index is 10.7. The van der Waals surface area contributed by atoms with Crippen molar-refractivity contribution in [3.8, 4) is 11.5 Å². The summed E-state index contributed by atoms with van der Waals surface area (Å²) >= 11 is 0. The summed E-state index contributed by atoms with van der Waals surface area (Å²) in [5.74, 6) is 0.662. The molecule has 2 rings (SSSR count). The van der Waals surface area contributed by atoms with Gasteiger partial charge in [-0.15, -0.1) is 0 Å². The van der Waals surface area contributed by atoms with E-state index >= 15 is 0 Å². The van der Waals surface area contributed by atoms with Gasteiger partial charge in [0.25, 0.3) is 0 Å². The molecule has 0 aliphatic rings. The molecule has 15 heavy (non-hydrogen) atoms. The minimum Gasteiger partial charge on any atom is -0.507 e. The molecule has 0 atom stereocenters. The van der Waals surface area contributed by atoms with Gasteiger partial charge in [0.05, 0.1) is 12.5 Å². The zero-order valence-electron chi connectivity index (χ0n) is 8.23. The Balaban J connectivity index is 2.86. The van der Waals surface area contributed by atoms with Crippen LogP contribution in [0.2, 0.25) is 0 Å². The van der Waals surface area contributed by atoms with Crippen LogP contribution in [0.5, 0.6) is 11.5 Å². The molecule has 3 heteroatoms. The molecule has 76 valence electrons. The summed E-state index contributed by atoms with van der Waals surface area (Å²) in [4.78, 5) is 10.7. The summed E-state index contributed by atoms with van der Waals surface area (Å²) in [7, 11) is 1.51. The van der Waals surface area contributed by atoms with Gasteiger partial charge < -0.3 is 9.84 Å². The van der Waals surface area contributed by atoms with Crippen molar-refractivity contribution < 1.29 is 14.6 Å². The molecule has 0 radical (unpaired) electrons. The lowest BCUT2D eigenvalue weighted by atomic mass is 10.1. The Morgan fingerprint density at radius 2 is 2.13 bits per heavy atom. The zero-order chi connectivity index (χ0) is 10.8. The van der Waals surface area contributed by atoms with Crippen LogP contribution in [0.3, 0.4) is 0 Å². The first kappa shape index (κ1) is 9.52. The molecule has 2 aromatic rings. The van der Waals surface area contributed by atoms with Crippen LogP contribution in [-0.4, -0.2) is 18.5 Å². The van der Waals surface area contributed by atoms with Gasteiger partial charge >= 0.3 is 0 Å². The predicted octanol–water partition coefficient (Wildman–Crippen LogP) is 2.37. The van der Waals surface area contributed by atoms with E-state index in [4.69, 9.17) is 4.74 Å². The number of carbonyl (C=O) groups is 1. The van der Waals surface area contributed by atoms with Crippen molar-refractivity contribution in [1.82, 2.24) is 0 Å². The highest BCUT2D eigenvalue weighted by Gasteiger charge is 2.07. The molecule has 0 bridgehead atoms. The van der Waals surface area contributed by atoms with Crippen molar-refractivity contribution in [2.24, 2.45) is 0 Å². The monoisotopic (exact) mass is 202 g/mol. The first-order valence-electron chi connectivity index (χ1n) is 4.51. The number of ether oxygens (including phenoxy) is 1. The van der Waals surface area contributed by atoms with Gasteiger partial charge in [0, 0.05) is 5.56 Å². The van der Waals surface area contributed by atoms with Crippen molar-refractivity contribution in [3.63, 3.8) is 0 Å². The zero-order valence-corrected chi connectivity index (χ0v) is 8.23. The average molecular weight is 202 g/mol. The second-order valence-corrected chi connectivity index (χ2v) is 3.22. The standard InChI is InChI=1S/C12H10O3/c1-15-11-6-8(7-13)5-9-3-2-4-10(14)12(9)11/h2-7,14H,1H3. The van der Waals surface area contributed by atoms with E-state index in [0.717, 1.165) is 11.7 Å². The molecule has 0 saturated heterocycles. The van der Waals surface area contributed by atoms with Crippen LogP contribution in [0.25, 0.3) is 10.8 Å². The molecule has 2 aromatic carbocycles. The Kier molecular flexibility index (Phi) is 2.29. The molecule has 0 saturated carbocycles. The number of rotatable bonds is 2. The summed E-state index contributed by atoms with van der Waals surface area (Å²) in [5.41, 5.74) is 0.532. The fraction of sp³-hybridized carbons (Fsp3) is 0.0833. The molecule has 0 unspecified atom stereocenters. The number of hydrogen-bond acceptors (Lipinski definition) is 3. The van der Waals surface area contributed by atoms with Gasteiger partial charge in [0.15, 0.2) is 0 Å². The molecule has 0 aromatic heterocycles. The number of fused-ring (bicyclic) bond motifs is 1. The number of hydrogen-bond donors (Lipinski definition) is 1. The quantitative estimate of drug-likeness (QED) is 0.760. The van der Waals surface area contributed by atoms with Gasteiger partial charge in [-0.2, -0.15) is 0 Å². The minimum atomic E-state index is 0.154. The lowest BCUT2D eigenvalue weighted by molar-refractivity contribution is 0.112. The van der Waals surface area contributed by atoms with Crippen LogP contribution < -0.4 is 4.74 Å². The average Bonchev–Trinajstić information content (AvgIpc) is 2.27. The molecule has 0 aliphatic carbocycles. The summed E-state index contributed by atoms with van der Waals surface area (Å²) < 4.78 is 5.13. The van der Waals surface area contributed by atoms with E-state index in [1.165, 1.54) is 7.11 Å². The minimum absolute atomic E-state index is 0.154. The van der Waals surface area contributed by atoms with Gasteiger partial charge in [-0.05, 0) is 23.6 Å². The normalized spacial score (nSPS) is 10.2. The Morgan fingerprint density at radius 1 is 1.33 bits per heavy atom. The fourth-order valence-electron chi connectivity index (χ4n) is 1.62. The number of phenols is 1. The van der Waals surface area contributed by atoms with E-state index in [1.54, 1.807) is 24.3 Å². The number of benzene rings is 2. The Bertz CT molecular complexity index is 518. The van der Waals surface area contributed by atoms with Crippen LogP contribution in [0.1, 0.15) is 10.4 Å². The molecule has 0 spiro atoms. The molecule has 0 heterocycles. The molecular formula is C12H10O3. The van der Waals surface area contributed by atoms with Gasteiger partial charge in [0.1, 0.15) is 17.8 Å². The number of phenolic OH excluding ortho intramolecular Hbond substituents is 1. The van der Waals surface area contributed by atoms with Crippen molar-refractivity contribution in [2.75, 3.05) is 7.11 Å². The smallest absolute Gasteiger partial charge is 0.150 e. The third-order valence-corrected chi connectivity index (χ3v) is 2.30. The SMILES string of the molecule is COc1cc(C=O)cc2cccc(O)c12. The number of aldehydes is 1. The van der Waals surface area contributed by atoms with Crippen molar-refractivity contribution >= 4 is 17.1 Å². The molecule has 3 nitrogen and oxygen atoms in total. The third-order valence-electron chi connectivity index (χ3n) is 2.30. The summed E-state index contributed by atoms with van der Waals surface area (Å²) in [6.45, 7) is 0. The second-order valence-electron chi connectivity index (χ2n) is 3.22. The van der Waals surface area contributed by atoms with Crippen LogP contribution in [0.15, 0.2) is 30.3 Å². The second kappa shape index (κ2) is 3.61. The van der Waals surface area contributed by atoms with E-state index in [9.17, 15) is 9.90 Å². The maximum atomic E-state index is 10.7. The lowest BCUT2D eigenvalue weighted by Crippen LogP contribution is -1.88. The van der Waals surface area contributed by atoms with Crippen molar-refractivity contribution in [2.45, 2.75) is 0 Å². The van der Waals surface area contributed by atoms with Crippen LogP contribution in [0, 0.1) is 0 Å². The topological polar surface area (TPSA) is 46.5 Å². The Morgan fingerprint density at radius 3 is 2.80 bits per heavy atom. The molecule has 0 amide bonds. The molecule has 1 N–H and O–H groups in total. The summed E-state index contributed by atoms with van der Waals surface area (Å²) in [5, 5.41) is 11.1. The van der Waals surface area contributed by atoms with E-state index in [1.807, 2.05) is 6.07 Å². The van der Waals surface area contributed by atoms with Crippen molar-refractivity contribution in [1.29, 1.82) is 0 Å². The van der Waals surface area contributed by atoms with E-state index in [2.05, 4.69) is 0 Å². The van der Waals surface area contributed by atoms with Crippen molar-refractivity contribution in [3.05, 3.63) is 35.9 Å². The highest BCUT2D eigenvalue weighted by atomic mass is 16.5. The summed E-state index contributed by atoms with van der Waals surface area (Å²) in [6, 6.07) is 8.46. The van der Waals surface area contributed by atoms with E-state index in [-0.39, 0.29) is 5.75 Å². The van der Waals surface area contributed by atoms with E-state index < -0.39 is 0 Å². The van der Waals surface area contributed by atoms with Gasteiger partial charge in [-0.3, -0.25) is 4.79 Å². The highest BCUT2D eigenvalue weighted by Crippen LogP contribution is 2.33. The Labute approximate surface area is 86.9 Å². The molecule has 0 fully saturated rings. The Hall–Kier alpha value is -2.03. The first-order valence-corrected chi connectivity index (χ1v) is 4.51. The largest absolute Gasteiger partial charge is 0.507 e. The maximum Gasteiger partial charge on any atom is 0.150 e. The summed E-state index contributed by atoms with van der Waals surface area (Å²) in [6.07, 6.45) is 0.756. The number of methoxy groups -OCH3 is 1. The van der Waals surface area contributed by atoms with Crippen LogP contribution >= 0.6 is 0 Å². The number of carbonyl (C=O) groups excluding carboxylic acids is 1. The fourth-order valence-corrected chi connectivity index (χ4v) is 1.62. The van der Waals surface area contributed by atoms with Gasteiger partial charge in [-0.1, -0.05) is 12.1 Å². The predicted molar refractivity (Wildman–Crippen MR) is 57.6 cm³/mol. The molecular weight excluding hydrogens is 192 g/mol. The van der Waals surface area contributed by atoms with Crippen LogP contribution in [0.4, 0.5) is 0 Å². The third kappa shape index (κ3) is 1.52.